The minimum absolute atomic E-state index is 0.0228. The Morgan fingerprint density at radius 2 is 2.59 bits per heavy atom. The molecule has 1 aromatic rings. The first-order chi connectivity index (χ1) is 8.15. The Labute approximate surface area is 99.5 Å². The molecule has 1 fully saturated rings. The maximum Gasteiger partial charge on any atom is 0.244 e. The van der Waals surface area contributed by atoms with Gasteiger partial charge >= 0.3 is 0 Å². The monoisotopic (exact) mass is 239 g/mol. The SMILES string of the molecule is CN(CC1CCCO1)C(=O)Cn1cnc(N)n1. The molecule has 7 nitrogen and oxygen atoms in total. The first kappa shape index (κ1) is 11.8. The third-order valence-electron chi connectivity index (χ3n) is 2.78. The van der Waals surface area contributed by atoms with Crippen molar-refractivity contribution in [3.8, 4) is 0 Å². The van der Waals surface area contributed by atoms with Gasteiger partial charge < -0.3 is 15.4 Å². The van der Waals surface area contributed by atoms with Crippen LogP contribution in [0, 0.1) is 0 Å². The number of ether oxygens (including phenoxy) is 1. The first-order valence-corrected chi connectivity index (χ1v) is 5.65. The lowest BCUT2D eigenvalue weighted by molar-refractivity contribution is -0.132. The number of hydrogen-bond donors (Lipinski definition) is 1. The summed E-state index contributed by atoms with van der Waals surface area (Å²) in [5.41, 5.74) is 5.37. The highest BCUT2D eigenvalue weighted by Gasteiger charge is 2.20. The number of likely N-dealkylation sites (N-methyl/N-ethyl adjacent to an activating group) is 1. The van der Waals surface area contributed by atoms with E-state index >= 15 is 0 Å². The van der Waals surface area contributed by atoms with Gasteiger partial charge in [-0.05, 0) is 12.8 Å². The molecule has 2 N–H and O–H groups in total. The number of aromatic nitrogens is 3. The average molecular weight is 239 g/mol. The molecule has 1 unspecified atom stereocenters. The minimum atomic E-state index is -0.0228. The summed E-state index contributed by atoms with van der Waals surface area (Å²) in [6, 6.07) is 0. The summed E-state index contributed by atoms with van der Waals surface area (Å²) in [5, 5.41) is 3.87. The molecule has 2 heterocycles. The maximum atomic E-state index is 11.9. The summed E-state index contributed by atoms with van der Waals surface area (Å²) in [6.45, 7) is 1.59. The number of carbonyl (C=O) groups is 1. The largest absolute Gasteiger partial charge is 0.376 e. The normalized spacial score (nSPS) is 19.5. The Bertz CT molecular complexity index is 386. The Morgan fingerprint density at radius 1 is 1.76 bits per heavy atom. The second-order valence-electron chi connectivity index (χ2n) is 4.21. The smallest absolute Gasteiger partial charge is 0.244 e. The highest BCUT2D eigenvalue weighted by molar-refractivity contribution is 5.75. The van der Waals surface area contributed by atoms with Gasteiger partial charge in [-0.3, -0.25) is 4.79 Å². The summed E-state index contributed by atoms with van der Waals surface area (Å²) in [5.74, 6) is 0.157. The molecule has 7 heteroatoms. The highest BCUT2D eigenvalue weighted by Crippen LogP contribution is 2.12. The van der Waals surface area contributed by atoms with Gasteiger partial charge in [0.25, 0.3) is 0 Å². The number of hydrogen-bond acceptors (Lipinski definition) is 5. The zero-order valence-corrected chi connectivity index (χ0v) is 9.87. The van der Waals surface area contributed by atoms with Crippen LogP contribution in [0.4, 0.5) is 5.95 Å². The van der Waals surface area contributed by atoms with E-state index in [0.717, 1.165) is 19.4 Å². The fourth-order valence-electron chi connectivity index (χ4n) is 1.84. The summed E-state index contributed by atoms with van der Waals surface area (Å²) in [6.07, 6.45) is 3.72. The van der Waals surface area contributed by atoms with Gasteiger partial charge in [0.1, 0.15) is 12.9 Å². The van der Waals surface area contributed by atoms with E-state index in [9.17, 15) is 4.79 Å². The van der Waals surface area contributed by atoms with Crippen LogP contribution < -0.4 is 5.73 Å². The van der Waals surface area contributed by atoms with E-state index in [1.54, 1.807) is 11.9 Å². The Morgan fingerprint density at radius 3 is 3.18 bits per heavy atom. The van der Waals surface area contributed by atoms with Crippen molar-refractivity contribution in [3.63, 3.8) is 0 Å². The Hall–Kier alpha value is -1.63. The summed E-state index contributed by atoms with van der Waals surface area (Å²) in [7, 11) is 1.77. The standard InChI is InChI=1S/C10H17N5O2/c1-14(5-8-3-2-4-17-8)9(16)6-15-7-12-10(11)13-15/h7-8H,2-6H2,1H3,(H2,11,13). The molecule has 1 aliphatic heterocycles. The molecule has 1 saturated heterocycles. The fourth-order valence-corrected chi connectivity index (χ4v) is 1.84. The molecule has 0 aliphatic carbocycles. The van der Waals surface area contributed by atoms with E-state index in [1.165, 1.54) is 11.0 Å². The minimum Gasteiger partial charge on any atom is -0.376 e. The molecule has 1 aromatic heterocycles. The second kappa shape index (κ2) is 5.13. The molecule has 17 heavy (non-hydrogen) atoms. The van der Waals surface area contributed by atoms with Gasteiger partial charge in [-0.1, -0.05) is 0 Å². The van der Waals surface area contributed by atoms with Gasteiger partial charge in [0, 0.05) is 20.2 Å². The van der Waals surface area contributed by atoms with Crippen molar-refractivity contribution in [2.75, 3.05) is 25.9 Å². The number of rotatable bonds is 4. The van der Waals surface area contributed by atoms with Crippen molar-refractivity contribution in [2.24, 2.45) is 0 Å². The van der Waals surface area contributed by atoms with Crippen LogP contribution in [0.25, 0.3) is 0 Å². The predicted octanol–water partition coefficient (Wildman–Crippen LogP) is -0.502. The van der Waals surface area contributed by atoms with Gasteiger partial charge in [-0.25, -0.2) is 9.67 Å². The lowest BCUT2D eigenvalue weighted by atomic mass is 10.2. The fraction of sp³-hybridized carbons (Fsp3) is 0.700. The van der Waals surface area contributed by atoms with Crippen LogP contribution in [0.15, 0.2) is 6.33 Å². The zero-order valence-electron chi connectivity index (χ0n) is 9.87. The maximum absolute atomic E-state index is 11.9. The van der Waals surface area contributed by atoms with Crippen molar-refractivity contribution in [1.29, 1.82) is 0 Å². The molecule has 2 rings (SSSR count). The van der Waals surface area contributed by atoms with E-state index in [-0.39, 0.29) is 24.5 Å². The third-order valence-corrected chi connectivity index (χ3v) is 2.78. The van der Waals surface area contributed by atoms with Gasteiger partial charge in [0.05, 0.1) is 6.10 Å². The number of nitrogen functional groups attached to an aromatic ring is 1. The van der Waals surface area contributed by atoms with Gasteiger partial charge in [-0.2, -0.15) is 0 Å². The Kier molecular flexibility index (Phi) is 3.58. The van der Waals surface area contributed by atoms with E-state index in [2.05, 4.69) is 10.1 Å². The summed E-state index contributed by atoms with van der Waals surface area (Å²) < 4.78 is 6.91. The summed E-state index contributed by atoms with van der Waals surface area (Å²) in [4.78, 5) is 17.3. The van der Waals surface area contributed by atoms with Crippen LogP contribution in [0.1, 0.15) is 12.8 Å². The Balaban J connectivity index is 1.82. The first-order valence-electron chi connectivity index (χ1n) is 5.65. The van der Waals surface area contributed by atoms with Crippen molar-refractivity contribution in [2.45, 2.75) is 25.5 Å². The van der Waals surface area contributed by atoms with Crippen molar-refractivity contribution < 1.29 is 9.53 Å². The molecule has 1 aliphatic rings. The zero-order chi connectivity index (χ0) is 12.3. The molecule has 0 aromatic carbocycles. The molecule has 0 spiro atoms. The second-order valence-corrected chi connectivity index (χ2v) is 4.21. The van der Waals surface area contributed by atoms with Crippen LogP contribution >= 0.6 is 0 Å². The van der Waals surface area contributed by atoms with Crippen LogP contribution in [0.3, 0.4) is 0 Å². The van der Waals surface area contributed by atoms with Crippen molar-refractivity contribution in [3.05, 3.63) is 6.33 Å². The average Bonchev–Trinajstić information content (AvgIpc) is 2.90. The third kappa shape index (κ3) is 3.16. The molecule has 1 atom stereocenters. The van der Waals surface area contributed by atoms with Crippen LogP contribution in [-0.4, -0.2) is 51.9 Å². The number of carbonyl (C=O) groups excluding carboxylic acids is 1. The molecule has 0 radical (unpaired) electrons. The molecule has 1 amide bonds. The molecule has 94 valence electrons. The predicted molar refractivity (Wildman–Crippen MR) is 61.0 cm³/mol. The highest BCUT2D eigenvalue weighted by atomic mass is 16.5. The molecule has 0 saturated carbocycles. The van der Waals surface area contributed by atoms with E-state index < -0.39 is 0 Å². The number of amides is 1. The van der Waals surface area contributed by atoms with Gasteiger partial charge in [-0.15, -0.1) is 5.10 Å². The lowest BCUT2D eigenvalue weighted by Gasteiger charge is -2.20. The lowest BCUT2D eigenvalue weighted by Crippen LogP contribution is -2.36. The number of nitrogens with two attached hydrogens (primary N) is 1. The number of anilines is 1. The van der Waals surface area contributed by atoms with Crippen molar-refractivity contribution >= 4 is 11.9 Å². The van der Waals surface area contributed by atoms with Crippen LogP contribution in [-0.2, 0) is 16.1 Å². The summed E-state index contributed by atoms with van der Waals surface area (Å²) >= 11 is 0. The quantitative estimate of drug-likeness (QED) is 0.765. The van der Waals surface area contributed by atoms with Crippen LogP contribution in [0.5, 0.6) is 0 Å². The van der Waals surface area contributed by atoms with E-state index in [0.29, 0.717) is 6.54 Å². The number of nitrogens with zero attached hydrogens (tertiary/aromatic N) is 4. The van der Waals surface area contributed by atoms with E-state index in [1.807, 2.05) is 0 Å². The molecular weight excluding hydrogens is 222 g/mol. The topological polar surface area (TPSA) is 86.3 Å². The van der Waals surface area contributed by atoms with Crippen molar-refractivity contribution in [1.82, 2.24) is 19.7 Å². The van der Waals surface area contributed by atoms with Gasteiger partial charge in [0.2, 0.25) is 11.9 Å². The van der Waals surface area contributed by atoms with E-state index in [4.69, 9.17) is 10.5 Å². The molecule has 0 bridgehead atoms. The molecular formula is C10H17N5O2. The van der Waals surface area contributed by atoms with Crippen LogP contribution in [0.2, 0.25) is 0 Å². The van der Waals surface area contributed by atoms with Gasteiger partial charge in [0.15, 0.2) is 0 Å².